The third-order valence-electron chi connectivity index (χ3n) is 2.31. The largest absolute Gasteiger partial charge is 0.332 e. The first-order valence-electron chi connectivity index (χ1n) is 4.61. The predicted octanol–water partition coefficient (Wildman–Crippen LogP) is 0.371. The number of benzene rings is 1. The summed E-state index contributed by atoms with van der Waals surface area (Å²) in [5.41, 5.74) is 6.03. The average molecular weight is 205 g/mol. The molecule has 0 atom stereocenters. The van der Waals surface area contributed by atoms with E-state index in [0.717, 1.165) is 4.90 Å². The summed E-state index contributed by atoms with van der Waals surface area (Å²) in [4.78, 5) is 25.5. The van der Waals surface area contributed by atoms with Gasteiger partial charge in [-0.3, -0.25) is 9.69 Å². The molecule has 1 aromatic carbocycles. The van der Waals surface area contributed by atoms with Crippen molar-refractivity contribution in [3.63, 3.8) is 0 Å². The molecule has 1 aromatic rings. The zero-order chi connectivity index (χ0) is 10.8. The van der Waals surface area contributed by atoms with Crippen LogP contribution in [0.4, 0.5) is 10.5 Å². The second kappa shape index (κ2) is 3.70. The number of urea groups is 1. The first-order valence-corrected chi connectivity index (χ1v) is 4.61. The molecule has 0 spiro atoms. The molecule has 1 heterocycles. The van der Waals surface area contributed by atoms with Gasteiger partial charge in [0.25, 0.3) is 5.91 Å². The van der Waals surface area contributed by atoms with Gasteiger partial charge >= 0.3 is 6.03 Å². The summed E-state index contributed by atoms with van der Waals surface area (Å²) in [5, 5.41) is 0. The summed E-state index contributed by atoms with van der Waals surface area (Å²) in [7, 11) is 0. The van der Waals surface area contributed by atoms with Gasteiger partial charge in [0, 0.05) is 5.69 Å². The molecule has 15 heavy (non-hydrogen) atoms. The molecule has 0 saturated carbocycles. The second-order valence-electron chi connectivity index (χ2n) is 3.21. The maximum Gasteiger partial charge on any atom is 0.332 e. The van der Waals surface area contributed by atoms with Gasteiger partial charge < -0.3 is 5.73 Å². The Kier molecular flexibility index (Phi) is 2.39. The summed E-state index contributed by atoms with van der Waals surface area (Å²) in [6.07, 6.45) is 0. The van der Waals surface area contributed by atoms with Gasteiger partial charge in [-0.2, -0.15) is 0 Å². The Bertz CT molecular complexity index is 391. The molecule has 5 nitrogen and oxygen atoms in total. The number of anilines is 1. The Morgan fingerprint density at radius 1 is 1.20 bits per heavy atom. The third-order valence-corrected chi connectivity index (χ3v) is 2.31. The standard InChI is InChI=1S/C10H11N3O2/c11-7-13-9(14)6-12(10(13)15)8-4-2-1-3-5-8/h1-5H,6-7,11H2. The van der Waals surface area contributed by atoms with Crippen molar-refractivity contribution >= 4 is 17.6 Å². The fourth-order valence-electron chi connectivity index (χ4n) is 1.53. The molecule has 3 amide bonds. The van der Waals surface area contributed by atoms with Gasteiger partial charge in [0.1, 0.15) is 6.54 Å². The number of carbonyl (C=O) groups excluding carboxylic acids is 2. The van der Waals surface area contributed by atoms with Crippen LogP contribution in [0.5, 0.6) is 0 Å². The van der Waals surface area contributed by atoms with Crippen LogP contribution < -0.4 is 10.6 Å². The summed E-state index contributed by atoms with van der Waals surface area (Å²) in [5.74, 6) is -0.258. The van der Waals surface area contributed by atoms with Crippen molar-refractivity contribution in [3.05, 3.63) is 30.3 Å². The zero-order valence-electron chi connectivity index (χ0n) is 8.09. The molecule has 1 saturated heterocycles. The molecular weight excluding hydrogens is 194 g/mol. The fraction of sp³-hybridized carbons (Fsp3) is 0.200. The van der Waals surface area contributed by atoms with E-state index >= 15 is 0 Å². The lowest BCUT2D eigenvalue weighted by molar-refractivity contribution is -0.124. The fourth-order valence-corrected chi connectivity index (χ4v) is 1.53. The molecule has 0 radical (unpaired) electrons. The lowest BCUT2D eigenvalue weighted by Crippen LogP contribution is -2.37. The summed E-state index contributed by atoms with van der Waals surface area (Å²) >= 11 is 0. The topological polar surface area (TPSA) is 66.6 Å². The van der Waals surface area contributed by atoms with Gasteiger partial charge in [-0.25, -0.2) is 9.69 Å². The molecule has 0 unspecified atom stereocenters. The van der Waals surface area contributed by atoms with Gasteiger partial charge in [-0.05, 0) is 12.1 Å². The highest BCUT2D eigenvalue weighted by Gasteiger charge is 2.35. The smallest absolute Gasteiger partial charge is 0.313 e. The normalized spacial score (nSPS) is 16.3. The number of imide groups is 1. The van der Waals surface area contributed by atoms with Crippen LogP contribution >= 0.6 is 0 Å². The molecular formula is C10H11N3O2. The molecule has 2 N–H and O–H groups in total. The maximum absolute atomic E-state index is 11.7. The van der Waals surface area contributed by atoms with Crippen LogP contribution in [-0.4, -0.2) is 30.1 Å². The molecule has 0 aliphatic carbocycles. The number of amides is 3. The van der Waals surface area contributed by atoms with E-state index in [1.54, 1.807) is 12.1 Å². The molecule has 1 fully saturated rings. The Balaban J connectivity index is 2.27. The van der Waals surface area contributed by atoms with Gasteiger partial charge in [0.2, 0.25) is 0 Å². The van der Waals surface area contributed by atoms with Crippen LogP contribution in [0.15, 0.2) is 30.3 Å². The lowest BCUT2D eigenvalue weighted by atomic mass is 10.3. The minimum Gasteiger partial charge on any atom is -0.313 e. The number of nitrogens with zero attached hydrogens (tertiary/aromatic N) is 2. The van der Waals surface area contributed by atoms with E-state index in [0.29, 0.717) is 5.69 Å². The number of hydrogen-bond acceptors (Lipinski definition) is 3. The molecule has 0 bridgehead atoms. The predicted molar refractivity (Wildman–Crippen MR) is 55.1 cm³/mol. The maximum atomic E-state index is 11.7. The van der Waals surface area contributed by atoms with E-state index in [9.17, 15) is 9.59 Å². The second-order valence-corrected chi connectivity index (χ2v) is 3.21. The van der Waals surface area contributed by atoms with Gasteiger partial charge in [0.15, 0.2) is 0 Å². The number of carbonyl (C=O) groups is 2. The number of rotatable bonds is 2. The van der Waals surface area contributed by atoms with Crippen LogP contribution in [0.1, 0.15) is 0 Å². The average Bonchev–Trinajstić information content (AvgIpc) is 2.55. The first-order chi connectivity index (χ1) is 7.24. The SMILES string of the molecule is NCN1C(=O)CN(c2ccccc2)C1=O. The molecule has 5 heteroatoms. The molecule has 1 aliphatic heterocycles. The van der Waals surface area contributed by atoms with E-state index in [4.69, 9.17) is 5.73 Å². The van der Waals surface area contributed by atoms with Crippen molar-refractivity contribution in [1.82, 2.24) is 4.90 Å². The monoisotopic (exact) mass is 205 g/mol. The summed E-state index contributed by atoms with van der Waals surface area (Å²) < 4.78 is 0. The number of para-hydroxylation sites is 1. The summed E-state index contributed by atoms with van der Waals surface area (Å²) in [6.45, 7) is 0.00104. The van der Waals surface area contributed by atoms with Crippen LogP contribution in [0.3, 0.4) is 0 Å². The van der Waals surface area contributed by atoms with Crippen LogP contribution in [-0.2, 0) is 4.79 Å². The first kappa shape index (κ1) is 9.67. The Morgan fingerprint density at radius 3 is 2.40 bits per heavy atom. The van der Waals surface area contributed by atoms with E-state index in [2.05, 4.69) is 0 Å². The van der Waals surface area contributed by atoms with Gasteiger partial charge in [-0.15, -0.1) is 0 Å². The highest BCUT2D eigenvalue weighted by atomic mass is 16.2. The third kappa shape index (κ3) is 1.57. The van der Waals surface area contributed by atoms with E-state index < -0.39 is 0 Å². The van der Waals surface area contributed by atoms with Gasteiger partial charge in [-0.1, -0.05) is 18.2 Å². The highest BCUT2D eigenvalue weighted by Crippen LogP contribution is 2.19. The highest BCUT2D eigenvalue weighted by molar-refractivity contribution is 6.12. The van der Waals surface area contributed by atoms with Crippen molar-refractivity contribution in [2.75, 3.05) is 18.1 Å². The van der Waals surface area contributed by atoms with E-state index in [-0.39, 0.29) is 25.2 Å². The van der Waals surface area contributed by atoms with Crippen LogP contribution in [0.2, 0.25) is 0 Å². The Morgan fingerprint density at radius 2 is 1.87 bits per heavy atom. The molecule has 0 aromatic heterocycles. The number of nitrogens with two attached hydrogens (primary N) is 1. The molecule has 1 aliphatic rings. The lowest BCUT2D eigenvalue weighted by Gasteiger charge is -2.15. The van der Waals surface area contributed by atoms with Crippen LogP contribution in [0.25, 0.3) is 0 Å². The molecule has 78 valence electrons. The Hall–Kier alpha value is -1.88. The Labute approximate surface area is 87.1 Å². The summed E-state index contributed by atoms with van der Waals surface area (Å²) in [6, 6.07) is 8.70. The van der Waals surface area contributed by atoms with Crippen molar-refractivity contribution in [2.24, 2.45) is 5.73 Å². The molecule has 2 rings (SSSR count). The number of hydrogen-bond donors (Lipinski definition) is 1. The minimum absolute atomic E-state index is 0.0685. The van der Waals surface area contributed by atoms with Crippen molar-refractivity contribution in [3.8, 4) is 0 Å². The minimum atomic E-state index is -0.353. The zero-order valence-corrected chi connectivity index (χ0v) is 8.09. The quantitative estimate of drug-likeness (QED) is 0.709. The van der Waals surface area contributed by atoms with Crippen LogP contribution in [0, 0.1) is 0 Å². The van der Waals surface area contributed by atoms with Gasteiger partial charge in [0.05, 0.1) is 6.67 Å². The van der Waals surface area contributed by atoms with Crippen molar-refractivity contribution in [2.45, 2.75) is 0 Å². The van der Waals surface area contributed by atoms with E-state index in [1.807, 2.05) is 18.2 Å². The van der Waals surface area contributed by atoms with E-state index in [1.165, 1.54) is 4.90 Å². The van der Waals surface area contributed by atoms with Crippen molar-refractivity contribution in [1.29, 1.82) is 0 Å². The van der Waals surface area contributed by atoms with Crippen molar-refractivity contribution < 1.29 is 9.59 Å².